The van der Waals surface area contributed by atoms with Gasteiger partial charge in [-0.05, 0) is 59.2 Å². The van der Waals surface area contributed by atoms with Gasteiger partial charge in [0.25, 0.3) is 0 Å². The summed E-state index contributed by atoms with van der Waals surface area (Å²) in [6.45, 7) is 11.6. The quantitative estimate of drug-likeness (QED) is 0.300. The van der Waals surface area contributed by atoms with Crippen molar-refractivity contribution in [1.82, 2.24) is 5.32 Å². The minimum atomic E-state index is -0.880. The summed E-state index contributed by atoms with van der Waals surface area (Å²) in [5, 5.41) is 2.55. The largest absolute Gasteiger partial charge is 0.491 e. The fourth-order valence-electron chi connectivity index (χ4n) is 2.61. The van der Waals surface area contributed by atoms with Crippen LogP contribution in [-0.4, -0.2) is 62.2 Å². The number of rotatable bonds is 11. The number of amides is 1. The number of hydrogen-bond acceptors (Lipinski definition) is 8. The van der Waals surface area contributed by atoms with Gasteiger partial charge in [-0.1, -0.05) is 12.1 Å². The van der Waals surface area contributed by atoms with E-state index in [1.54, 1.807) is 45.0 Å². The Labute approximate surface area is 196 Å². The zero-order chi connectivity index (χ0) is 25.1. The highest BCUT2D eigenvalue weighted by atomic mass is 16.6. The Balaban J connectivity index is 2.43. The van der Waals surface area contributed by atoms with Crippen molar-refractivity contribution in [3.63, 3.8) is 0 Å². The molecule has 0 saturated carbocycles. The summed E-state index contributed by atoms with van der Waals surface area (Å²) in [6, 6.07) is 6.24. The van der Waals surface area contributed by atoms with Gasteiger partial charge >= 0.3 is 18.0 Å². The van der Waals surface area contributed by atoms with Gasteiger partial charge in [-0.3, -0.25) is 4.79 Å². The normalized spacial score (nSPS) is 12.5. The molecule has 1 amide bonds. The van der Waals surface area contributed by atoms with E-state index in [4.69, 9.17) is 23.7 Å². The number of ether oxygens (including phenoxy) is 5. The van der Waals surface area contributed by atoms with Gasteiger partial charge in [-0.25, -0.2) is 9.59 Å². The number of alkyl carbamates (subject to hydrolysis) is 1. The molecule has 0 saturated heterocycles. The van der Waals surface area contributed by atoms with Crippen LogP contribution in [0.3, 0.4) is 0 Å². The molecule has 1 N–H and O–H groups in total. The van der Waals surface area contributed by atoms with Crippen LogP contribution in [-0.2, 0) is 35.0 Å². The summed E-state index contributed by atoms with van der Waals surface area (Å²) in [5.41, 5.74) is -0.375. The highest BCUT2D eigenvalue weighted by molar-refractivity contribution is 5.81. The van der Waals surface area contributed by atoms with Crippen molar-refractivity contribution in [2.45, 2.75) is 71.6 Å². The number of nitrogens with one attached hydrogen (secondary N) is 1. The van der Waals surface area contributed by atoms with Gasteiger partial charge in [0.1, 0.15) is 29.6 Å². The topological polar surface area (TPSA) is 109 Å². The molecule has 1 aromatic carbocycles. The molecule has 0 fully saturated rings. The molecule has 0 unspecified atom stereocenters. The van der Waals surface area contributed by atoms with Crippen molar-refractivity contribution in [3.8, 4) is 5.75 Å². The number of hydrogen-bond donors (Lipinski definition) is 1. The van der Waals surface area contributed by atoms with E-state index in [2.05, 4.69) is 5.32 Å². The Bertz CT molecular complexity index is 762. The minimum absolute atomic E-state index is 0.185. The fourth-order valence-corrected chi connectivity index (χ4v) is 2.61. The lowest BCUT2D eigenvalue weighted by atomic mass is 10.1. The van der Waals surface area contributed by atoms with E-state index < -0.39 is 29.3 Å². The average molecular weight is 468 g/mol. The lowest BCUT2D eigenvalue weighted by Gasteiger charge is -2.22. The molecule has 1 rings (SSSR count). The van der Waals surface area contributed by atoms with Crippen LogP contribution in [0.4, 0.5) is 4.79 Å². The predicted molar refractivity (Wildman–Crippen MR) is 122 cm³/mol. The first-order chi connectivity index (χ1) is 15.3. The Kier molecular flexibility index (Phi) is 11.1. The molecular formula is C24H37NO8. The molecule has 1 aromatic rings. The van der Waals surface area contributed by atoms with E-state index in [1.165, 1.54) is 7.11 Å². The predicted octanol–water partition coefficient (Wildman–Crippen LogP) is 3.42. The van der Waals surface area contributed by atoms with Crippen LogP contribution in [0.5, 0.6) is 5.75 Å². The second-order valence-corrected chi connectivity index (χ2v) is 9.37. The first-order valence-corrected chi connectivity index (χ1v) is 10.9. The van der Waals surface area contributed by atoms with Gasteiger partial charge in [-0.2, -0.15) is 0 Å². The highest BCUT2D eigenvalue weighted by Gasteiger charge is 2.25. The smallest absolute Gasteiger partial charge is 0.408 e. The second-order valence-electron chi connectivity index (χ2n) is 9.37. The molecule has 0 aliphatic carbocycles. The summed E-state index contributed by atoms with van der Waals surface area (Å²) in [4.78, 5) is 35.7. The Morgan fingerprint density at radius 1 is 0.879 bits per heavy atom. The molecule has 0 radical (unpaired) electrons. The van der Waals surface area contributed by atoms with Crippen molar-refractivity contribution >= 4 is 18.0 Å². The van der Waals surface area contributed by atoms with E-state index >= 15 is 0 Å². The molecule has 1 atom stereocenters. The SMILES string of the molecule is COC(=O)[C@H](Cc1ccc(OCCOCCC(=O)OC(C)(C)C)cc1)NC(=O)OC(C)(C)C. The first-order valence-electron chi connectivity index (χ1n) is 10.9. The molecule has 9 nitrogen and oxygen atoms in total. The van der Waals surface area contributed by atoms with E-state index in [1.807, 2.05) is 20.8 Å². The van der Waals surface area contributed by atoms with Crippen molar-refractivity contribution in [3.05, 3.63) is 29.8 Å². The van der Waals surface area contributed by atoms with Crippen LogP contribution in [0.15, 0.2) is 24.3 Å². The molecule has 0 heterocycles. The molecular weight excluding hydrogens is 430 g/mol. The Morgan fingerprint density at radius 2 is 1.48 bits per heavy atom. The second kappa shape index (κ2) is 13.0. The third-order valence-electron chi connectivity index (χ3n) is 3.91. The van der Waals surface area contributed by atoms with Gasteiger partial charge in [0, 0.05) is 6.42 Å². The maximum atomic E-state index is 12.1. The van der Waals surface area contributed by atoms with Crippen LogP contribution in [0.1, 0.15) is 53.5 Å². The van der Waals surface area contributed by atoms with Gasteiger partial charge < -0.3 is 29.0 Å². The number of benzene rings is 1. The number of carbonyl (C=O) groups excluding carboxylic acids is 3. The summed E-state index contributed by atoms with van der Waals surface area (Å²) >= 11 is 0. The molecule has 0 aromatic heterocycles. The number of carbonyl (C=O) groups is 3. The van der Waals surface area contributed by atoms with E-state index in [0.29, 0.717) is 19.0 Å². The lowest BCUT2D eigenvalue weighted by Crippen LogP contribution is -2.45. The summed E-state index contributed by atoms with van der Waals surface area (Å²) < 4.78 is 26.2. The minimum Gasteiger partial charge on any atom is -0.491 e. The van der Waals surface area contributed by atoms with E-state index in [9.17, 15) is 14.4 Å². The average Bonchev–Trinajstić information content (AvgIpc) is 2.67. The van der Waals surface area contributed by atoms with Gasteiger partial charge in [0.15, 0.2) is 0 Å². The van der Waals surface area contributed by atoms with E-state index in [0.717, 1.165) is 5.56 Å². The summed E-state index contributed by atoms with van der Waals surface area (Å²) in [7, 11) is 1.26. The van der Waals surface area contributed by atoms with Crippen LogP contribution < -0.4 is 10.1 Å². The highest BCUT2D eigenvalue weighted by Crippen LogP contribution is 2.15. The summed E-state index contributed by atoms with van der Waals surface area (Å²) in [5.74, 6) is -0.237. The van der Waals surface area contributed by atoms with Crippen LogP contribution in [0.2, 0.25) is 0 Å². The number of methoxy groups -OCH3 is 1. The Hall–Kier alpha value is -2.81. The maximum absolute atomic E-state index is 12.1. The third kappa shape index (κ3) is 13.4. The fraction of sp³-hybridized carbons (Fsp3) is 0.625. The summed E-state index contributed by atoms with van der Waals surface area (Å²) in [6.07, 6.45) is -0.269. The van der Waals surface area contributed by atoms with Crippen molar-refractivity contribution in [1.29, 1.82) is 0 Å². The van der Waals surface area contributed by atoms with E-state index in [-0.39, 0.29) is 25.4 Å². The van der Waals surface area contributed by atoms with Gasteiger partial charge in [0.05, 0.1) is 26.7 Å². The zero-order valence-electron chi connectivity index (χ0n) is 20.7. The van der Waals surface area contributed by atoms with Crippen LogP contribution >= 0.6 is 0 Å². The van der Waals surface area contributed by atoms with Crippen LogP contribution in [0.25, 0.3) is 0 Å². The van der Waals surface area contributed by atoms with Crippen molar-refractivity contribution in [2.75, 3.05) is 26.9 Å². The standard InChI is InChI=1S/C24H37NO8/c1-23(2,3)32-20(26)12-13-30-14-15-31-18-10-8-17(9-11-18)16-19(21(27)29-7)25-22(28)33-24(4,5)6/h8-11,19H,12-16H2,1-7H3,(H,25,28)/t19-/m0/s1. The molecule has 0 aliphatic rings. The first kappa shape index (κ1) is 28.2. The maximum Gasteiger partial charge on any atom is 0.408 e. The van der Waals surface area contributed by atoms with Crippen molar-refractivity contribution in [2.24, 2.45) is 0 Å². The molecule has 186 valence electrons. The Morgan fingerprint density at radius 3 is 2.03 bits per heavy atom. The van der Waals surface area contributed by atoms with Crippen LogP contribution in [0, 0.1) is 0 Å². The lowest BCUT2D eigenvalue weighted by molar-refractivity contribution is -0.156. The van der Waals surface area contributed by atoms with Gasteiger partial charge in [0.2, 0.25) is 0 Å². The molecule has 33 heavy (non-hydrogen) atoms. The van der Waals surface area contributed by atoms with Crippen molar-refractivity contribution < 1.29 is 38.1 Å². The monoisotopic (exact) mass is 467 g/mol. The molecule has 0 aliphatic heterocycles. The zero-order valence-corrected chi connectivity index (χ0v) is 20.7. The molecule has 9 heteroatoms. The molecule has 0 spiro atoms. The third-order valence-corrected chi connectivity index (χ3v) is 3.91. The number of esters is 2. The molecule has 0 bridgehead atoms. The van der Waals surface area contributed by atoms with Gasteiger partial charge in [-0.15, -0.1) is 0 Å².